The lowest BCUT2D eigenvalue weighted by atomic mass is 10.1. The Morgan fingerprint density at radius 3 is 2.25 bits per heavy atom. The first-order valence-corrected chi connectivity index (χ1v) is 8.79. The van der Waals surface area contributed by atoms with Gasteiger partial charge in [0.2, 0.25) is 15.9 Å². The lowest BCUT2D eigenvalue weighted by Gasteiger charge is -2.25. The third-order valence-corrected chi connectivity index (χ3v) is 4.69. The highest BCUT2D eigenvalue weighted by molar-refractivity contribution is 7.88. The Balaban J connectivity index is 2.36. The lowest BCUT2D eigenvalue weighted by Crippen LogP contribution is -2.38. The van der Waals surface area contributed by atoms with Crippen LogP contribution in [0.3, 0.4) is 0 Å². The standard InChI is InChI=1S/C16H16F2N2O3S/c1-20(24(2,22)23)15(11-6-4-3-5-7-11)16(21)19-12-8-9-13(17)14(18)10-12/h3-10,15H,1-2H3,(H,19,21)/t15-/m0/s1. The van der Waals surface area contributed by atoms with E-state index in [0.717, 1.165) is 22.7 Å². The monoisotopic (exact) mass is 354 g/mol. The topological polar surface area (TPSA) is 66.5 Å². The maximum Gasteiger partial charge on any atom is 0.247 e. The SMILES string of the molecule is CN([C@H](C(=O)Nc1ccc(F)c(F)c1)c1ccccc1)S(C)(=O)=O. The molecular formula is C16H16F2N2O3S. The van der Waals surface area contributed by atoms with E-state index in [1.807, 2.05) is 0 Å². The molecule has 0 aliphatic carbocycles. The molecule has 0 saturated carbocycles. The molecular weight excluding hydrogens is 338 g/mol. The number of sulfonamides is 1. The fraction of sp³-hybridized carbons (Fsp3) is 0.188. The number of benzene rings is 2. The van der Waals surface area contributed by atoms with E-state index >= 15 is 0 Å². The van der Waals surface area contributed by atoms with Gasteiger partial charge in [-0.05, 0) is 17.7 Å². The summed E-state index contributed by atoms with van der Waals surface area (Å²) >= 11 is 0. The average Bonchev–Trinajstić information content (AvgIpc) is 2.51. The molecule has 0 heterocycles. The van der Waals surface area contributed by atoms with Crippen molar-refractivity contribution in [3.8, 4) is 0 Å². The average molecular weight is 354 g/mol. The zero-order chi connectivity index (χ0) is 17.9. The van der Waals surface area contributed by atoms with E-state index in [4.69, 9.17) is 0 Å². The third kappa shape index (κ3) is 4.15. The van der Waals surface area contributed by atoms with Crippen LogP contribution in [0, 0.1) is 11.6 Å². The highest BCUT2D eigenvalue weighted by Crippen LogP contribution is 2.24. The van der Waals surface area contributed by atoms with Crippen LogP contribution in [0.25, 0.3) is 0 Å². The number of nitrogens with zero attached hydrogens (tertiary/aromatic N) is 1. The summed E-state index contributed by atoms with van der Waals surface area (Å²) in [6.07, 6.45) is 0.980. The van der Waals surface area contributed by atoms with Gasteiger partial charge in [-0.3, -0.25) is 4.79 Å². The second-order valence-corrected chi connectivity index (χ2v) is 7.25. The molecule has 0 radical (unpaired) electrons. The van der Waals surface area contributed by atoms with E-state index < -0.39 is 33.6 Å². The normalized spacial score (nSPS) is 12.9. The summed E-state index contributed by atoms with van der Waals surface area (Å²) in [4.78, 5) is 12.6. The predicted molar refractivity (Wildman–Crippen MR) is 86.8 cm³/mol. The molecule has 0 unspecified atom stereocenters. The van der Waals surface area contributed by atoms with Gasteiger partial charge in [0.25, 0.3) is 0 Å². The molecule has 1 N–H and O–H groups in total. The molecule has 0 aliphatic heterocycles. The summed E-state index contributed by atoms with van der Waals surface area (Å²) in [6, 6.07) is 10.0. The zero-order valence-electron chi connectivity index (χ0n) is 13.0. The van der Waals surface area contributed by atoms with Gasteiger partial charge >= 0.3 is 0 Å². The van der Waals surface area contributed by atoms with Crippen molar-refractivity contribution in [2.75, 3.05) is 18.6 Å². The largest absolute Gasteiger partial charge is 0.324 e. The number of carbonyl (C=O) groups excluding carboxylic acids is 1. The van der Waals surface area contributed by atoms with E-state index in [-0.39, 0.29) is 5.69 Å². The van der Waals surface area contributed by atoms with Gasteiger partial charge < -0.3 is 5.32 Å². The number of rotatable bonds is 5. The minimum atomic E-state index is -3.66. The van der Waals surface area contributed by atoms with Crippen LogP contribution in [-0.4, -0.2) is 31.9 Å². The van der Waals surface area contributed by atoms with Crippen molar-refractivity contribution in [1.29, 1.82) is 0 Å². The molecule has 0 bridgehead atoms. The van der Waals surface area contributed by atoms with Crippen LogP contribution in [0.4, 0.5) is 14.5 Å². The van der Waals surface area contributed by atoms with Crippen molar-refractivity contribution in [2.24, 2.45) is 0 Å². The quantitative estimate of drug-likeness (QED) is 0.897. The first-order valence-electron chi connectivity index (χ1n) is 6.94. The van der Waals surface area contributed by atoms with Crippen molar-refractivity contribution < 1.29 is 22.0 Å². The molecule has 128 valence electrons. The Bertz CT molecular complexity index is 842. The van der Waals surface area contributed by atoms with Crippen LogP contribution < -0.4 is 5.32 Å². The highest BCUT2D eigenvalue weighted by atomic mass is 32.2. The smallest absolute Gasteiger partial charge is 0.247 e. The maximum atomic E-state index is 13.3. The summed E-state index contributed by atoms with van der Waals surface area (Å²) in [5, 5.41) is 2.41. The van der Waals surface area contributed by atoms with E-state index in [1.54, 1.807) is 30.3 Å². The van der Waals surface area contributed by atoms with Crippen LogP contribution in [-0.2, 0) is 14.8 Å². The van der Waals surface area contributed by atoms with Gasteiger partial charge in [0.15, 0.2) is 11.6 Å². The predicted octanol–water partition coefficient (Wildman–Crippen LogP) is 2.54. The van der Waals surface area contributed by atoms with E-state index in [0.29, 0.717) is 5.56 Å². The molecule has 8 heteroatoms. The van der Waals surface area contributed by atoms with Gasteiger partial charge in [-0.15, -0.1) is 0 Å². The fourth-order valence-electron chi connectivity index (χ4n) is 2.14. The maximum absolute atomic E-state index is 13.3. The Hall–Kier alpha value is -2.32. The molecule has 2 rings (SSSR count). The Labute approximate surface area is 139 Å². The Morgan fingerprint density at radius 1 is 1.08 bits per heavy atom. The number of likely N-dealkylation sites (N-methyl/N-ethyl adjacent to an activating group) is 1. The number of carbonyl (C=O) groups is 1. The third-order valence-electron chi connectivity index (χ3n) is 3.44. The van der Waals surface area contributed by atoms with Crippen LogP contribution in [0.1, 0.15) is 11.6 Å². The number of amides is 1. The van der Waals surface area contributed by atoms with E-state index in [9.17, 15) is 22.0 Å². The summed E-state index contributed by atoms with van der Waals surface area (Å²) in [7, 11) is -2.39. The molecule has 0 spiro atoms. The second kappa shape index (κ2) is 7.06. The first-order chi connectivity index (χ1) is 11.2. The molecule has 24 heavy (non-hydrogen) atoms. The first kappa shape index (κ1) is 18.0. The molecule has 2 aromatic carbocycles. The van der Waals surface area contributed by atoms with Gasteiger partial charge in [0, 0.05) is 18.8 Å². The fourth-order valence-corrected chi connectivity index (χ4v) is 2.74. The van der Waals surface area contributed by atoms with Crippen LogP contribution in [0.2, 0.25) is 0 Å². The molecule has 0 fully saturated rings. The van der Waals surface area contributed by atoms with Crippen LogP contribution in [0.15, 0.2) is 48.5 Å². The summed E-state index contributed by atoms with van der Waals surface area (Å²) < 4.78 is 50.8. The van der Waals surface area contributed by atoms with Gasteiger partial charge in [0.05, 0.1) is 6.26 Å². The molecule has 1 atom stereocenters. The highest BCUT2D eigenvalue weighted by Gasteiger charge is 2.30. The molecule has 1 amide bonds. The van der Waals surface area contributed by atoms with E-state index in [2.05, 4.69) is 5.32 Å². The van der Waals surface area contributed by atoms with Gasteiger partial charge in [-0.25, -0.2) is 17.2 Å². The molecule has 0 saturated heterocycles. The van der Waals surface area contributed by atoms with E-state index in [1.165, 1.54) is 13.1 Å². The summed E-state index contributed by atoms with van der Waals surface area (Å²) in [6.45, 7) is 0. The molecule has 0 aromatic heterocycles. The minimum Gasteiger partial charge on any atom is -0.324 e. The van der Waals surface area contributed by atoms with Crippen molar-refractivity contribution in [3.63, 3.8) is 0 Å². The molecule has 2 aromatic rings. The van der Waals surface area contributed by atoms with Crippen LogP contribution >= 0.6 is 0 Å². The summed E-state index contributed by atoms with van der Waals surface area (Å²) in [5.41, 5.74) is 0.479. The van der Waals surface area contributed by atoms with Crippen LogP contribution in [0.5, 0.6) is 0 Å². The number of nitrogens with one attached hydrogen (secondary N) is 1. The van der Waals surface area contributed by atoms with Crippen molar-refractivity contribution in [2.45, 2.75) is 6.04 Å². The Morgan fingerprint density at radius 2 is 1.71 bits per heavy atom. The second-order valence-electron chi connectivity index (χ2n) is 5.21. The number of hydrogen-bond donors (Lipinski definition) is 1. The number of anilines is 1. The number of hydrogen-bond acceptors (Lipinski definition) is 3. The zero-order valence-corrected chi connectivity index (χ0v) is 13.8. The van der Waals surface area contributed by atoms with Gasteiger partial charge in [-0.1, -0.05) is 30.3 Å². The molecule has 0 aliphatic rings. The molecule has 5 nitrogen and oxygen atoms in total. The number of halogens is 2. The van der Waals surface area contributed by atoms with Crippen molar-refractivity contribution in [3.05, 3.63) is 65.7 Å². The van der Waals surface area contributed by atoms with Gasteiger partial charge in [-0.2, -0.15) is 4.31 Å². The summed E-state index contributed by atoms with van der Waals surface area (Å²) in [5.74, 6) is -2.83. The van der Waals surface area contributed by atoms with Crippen molar-refractivity contribution >= 4 is 21.6 Å². The minimum absolute atomic E-state index is 0.0294. The van der Waals surface area contributed by atoms with Crippen molar-refractivity contribution in [1.82, 2.24) is 4.31 Å². The lowest BCUT2D eigenvalue weighted by molar-refractivity contribution is -0.119. The van der Waals surface area contributed by atoms with Gasteiger partial charge in [0.1, 0.15) is 6.04 Å². The Kier molecular flexibility index (Phi) is 5.30.